The molecule has 0 unspecified atom stereocenters. The van der Waals surface area contributed by atoms with Crippen LogP contribution in [0, 0.1) is 6.92 Å². The second-order valence-electron chi connectivity index (χ2n) is 2.80. The molecule has 0 radical (unpaired) electrons. The van der Waals surface area contributed by atoms with E-state index in [1.807, 2.05) is 13.0 Å². The van der Waals surface area contributed by atoms with Crippen LogP contribution >= 0.6 is 11.8 Å². The van der Waals surface area contributed by atoms with Crippen molar-refractivity contribution < 1.29 is 5.11 Å². The first-order valence-electron chi connectivity index (χ1n) is 4.20. The number of nitrogens with two attached hydrogens (primary N) is 1. The first-order valence-corrected chi connectivity index (χ1v) is 5.18. The average Bonchev–Trinajstić information content (AvgIpc) is 2.12. The zero-order valence-electron chi connectivity index (χ0n) is 7.66. The Labute approximate surface area is 82.4 Å². The van der Waals surface area contributed by atoms with E-state index in [0.717, 1.165) is 28.5 Å². The number of pyridine rings is 1. The molecule has 1 aromatic rings. The topological polar surface area (TPSA) is 59.1 Å². The molecule has 1 heterocycles. The summed E-state index contributed by atoms with van der Waals surface area (Å²) in [5.41, 5.74) is 7.51. The Hall–Kier alpha value is -0.740. The summed E-state index contributed by atoms with van der Waals surface area (Å²) in [4.78, 5) is 4.21. The van der Waals surface area contributed by atoms with Gasteiger partial charge in [-0.15, -0.1) is 11.8 Å². The summed E-state index contributed by atoms with van der Waals surface area (Å²) in [7, 11) is 0. The molecule has 0 saturated carbocycles. The van der Waals surface area contributed by atoms with Crippen LogP contribution in [0.25, 0.3) is 0 Å². The van der Waals surface area contributed by atoms with Crippen molar-refractivity contribution in [2.45, 2.75) is 18.4 Å². The Morgan fingerprint density at radius 3 is 3.00 bits per heavy atom. The van der Waals surface area contributed by atoms with E-state index < -0.39 is 0 Å². The van der Waals surface area contributed by atoms with Crippen molar-refractivity contribution in [3.8, 4) is 0 Å². The minimum absolute atomic E-state index is 0.230. The molecule has 0 aliphatic heterocycles. The van der Waals surface area contributed by atoms with E-state index in [0.29, 0.717) is 0 Å². The molecule has 0 fully saturated rings. The monoisotopic (exact) mass is 198 g/mol. The second-order valence-corrected chi connectivity index (χ2v) is 3.92. The lowest BCUT2D eigenvalue weighted by atomic mass is 10.3. The van der Waals surface area contributed by atoms with Crippen molar-refractivity contribution in [3.05, 3.63) is 17.8 Å². The number of nitrogens with zero attached hydrogens (tertiary/aromatic N) is 1. The number of anilines is 1. The summed E-state index contributed by atoms with van der Waals surface area (Å²) in [6.07, 6.45) is 2.57. The average molecular weight is 198 g/mol. The normalized spacial score (nSPS) is 10.3. The highest BCUT2D eigenvalue weighted by Gasteiger charge is 1.98. The standard InChI is InChI=1S/C9H14N2OS/c1-7-6-11-9(5-8(7)10)13-4-2-3-12/h5-6,12H,2-4H2,1H3,(H2,10,11). The van der Waals surface area contributed by atoms with Gasteiger partial charge in [-0.25, -0.2) is 4.98 Å². The molecule has 72 valence electrons. The predicted octanol–water partition coefficient (Wildman–Crippen LogP) is 1.45. The molecule has 0 bridgehead atoms. The van der Waals surface area contributed by atoms with Crippen LogP contribution in [0.4, 0.5) is 5.69 Å². The van der Waals surface area contributed by atoms with Crippen molar-refractivity contribution in [1.29, 1.82) is 0 Å². The fourth-order valence-corrected chi connectivity index (χ4v) is 1.66. The van der Waals surface area contributed by atoms with Gasteiger partial charge >= 0.3 is 0 Å². The highest BCUT2D eigenvalue weighted by molar-refractivity contribution is 7.99. The van der Waals surface area contributed by atoms with Gasteiger partial charge in [0.25, 0.3) is 0 Å². The van der Waals surface area contributed by atoms with Crippen molar-refractivity contribution in [2.24, 2.45) is 0 Å². The second kappa shape index (κ2) is 5.09. The van der Waals surface area contributed by atoms with Gasteiger partial charge in [0.15, 0.2) is 0 Å². The maximum Gasteiger partial charge on any atom is 0.0980 e. The summed E-state index contributed by atoms with van der Waals surface area (Å²) < 4.78 is 0. The van der Waals surface area contributed by atoms with Crippen molar-refractivity contribution >= 4 is 17.4 Å². The summed E-state index contributed by atoms with van der Waals surface area (Å²) in [5.74, 6) is 0.881. The fourth-order valence-electron chi connectivity index (χ4n) is 0.839. The fraction of sp³-hybridized carbons (Fsp3) is 0.444. The number of aryl methyl sites for hydroxylation is 1. The number of rotatable bonds is 4. The maximum absolute atomic E-state index is 8.58. The summed E-state index contributed by atoms with van der Waals surface area (Å²) >= 11 is 1.62. The Kier molecular flexibility index (Phi) is 4.05. The third kappa shape index (κ3) is 3.24. The molecule has 0 saturated heterocycles. The molecule has 0 amide bonds. The number of thioether (sulfide) groups is 1. The van der Waals surface area contributed by atoms with E-state index in [1.165, 1.54) is 0 Å². The quantitative estimate of drug-likeness (QED) is 0.568. The molecular formula is C9H14N2OS. The van der Waals surface area contributed by atoms with E-state index in [2.05, 4.69) is 4.98 Å². The van der Waals surface area contributed by atoms with Gasteiger partial charge in [0, 0.05) is 24.2 Å². The Morgan fingerprint density at radius 1 is 1.62 bits per heavy atom. The Bertz CT molecular complexity index is 278. The first-order chi connectivity index (χ1) is 6.24. The van der Waals surface area contributed by atoms with Gasteiger partial charge in [-0.1, -0.05) is 0 Å². The van der Waals surface area contributed by atoms with Gasteiger partial charge in [-0.05, 0) is 25.0 Å². The summed E-state index contributed by atoms with van der Waals surface area (Å²) in [6.45, 7) is 2.17. The molecule has 1 rings (SSSR count). The molecule has 4 heteroatoms. The third-order valence-corrected chi connectivity index (χ3v) is 2.68. The molecule has 0 atom stereocenters. The minimum atomic E-state index is 0.230. The molecule has 3 nitrogen and oxygen atoms in total. The highest BCUT2D eigenvalue weighted by Crippen LogP contribution is 2.20. The number of nitrogen functional groups attached to an aromatic ring is 1. The van der Waals surface area contributed by atoms with E-state index in [-0.39, 0.29) is 6.61 Å². The number of hydrogen-bond donors (Lipinski definition) is 2. The van der Waals surface area contributed by atoms with Gasteiger partial charge in [-0.3, -0.25) is 0 Å². The molecule has 0 spiro atoms. The number of hydrogen-bond acceptors (Lipinski definition) is 4. The Morgan fingerprint density at radius 2 is 2.38 bits per heavy atom. The largest absolute Gasteiger partial charge is 0.398 e. The molecule has 13 heavy (non-hydrogen) atoms. The lowest BCUT2D eigenvalue weighted by Gasteiger charge is -2.02. The van der Waals surface area contributed by atoms with Crippen LogP contribution in [0.15, 0.2) is 17.3 Å². The highest BCUT2D eigenvalue weighted by atomic mass is 32.2. The Balaban J connectivity index is 2.53. The molecule has 0 aromatic carbocycles. The van der Waals surface area contributed by atoms with E-state index in [4.69, 9.17) is 10.8 Å². The summed E-state index contributed by atoms with van der Waals surface area (Å²) in [6, 6.07) is 1.87. The molecule has 3 N–H and O–H groups in total. The lowest BCUT2D eigenvalue weighted by molar-refractivity contribution is 0.296. The van der Waals surface area contributed by atoms with Gasteiger partial charge in [0.1, 0.15) is 0 Å². The maximum atomic E-state index is 8.58. The van der Waals surface area contributed by atoms with E-state index in [9.17, 15) is 0 Å². The smallest absolute Gasteiger partial charge is 0.0980 e. The molecule has 0 aliphatic carbocycles. The SMILES string of the molecule is Cc1cnc(SCCCO)cc1N. The van der Waals surface area contributed by atoms with Crippen LogP contribution in [-0.4, -0.2) is 22.5 Å². The lowest BCUT2D eigenvalue weighted by Crippen LogP contribution is -1.93. The minimum Gasteiger partial charge on any atom is -0.398 e. The molecule has 0 aliphatic rings. The van der Waals surface area contributed by atoms with Crippen LogP contribution in [0.3, 0.4) is 0 Å². The van der Waals surface area contributed by atoms with Crippen LogP contribution in [-0.2, 0) is 0 Å². The molecular weight excluding hydrogens is 184 g/mol. The number of aliphatic hydroxyl groups excluding tert-OH is 1. The first kappa shape index (κ1) is 10.3. The van der Waals surface area contributed by atoms with Gasteiger partial charge < -0.3 is 10.8 Å². The van der Waals surface area contributed by atoms with Crippen LogP contribution in [0.5, 0.6) is 0 Å². The van der Waals surface area contributed by atoms with Crippen LogP contribution in [0.1, 0.15) is 12.0 Å². The van der Waals surface area contributed by atoms with E-state index >= 15 is 0 Å². The summed E-state index contributed by atoms with van der Waals surface area (Å²) in [5, 5.41) is 9.51. The van der Waals surface area contributed by atoms with Crippen LogP contribution in [0.2, 0.25) is 0 Å². The van der Waals surface area contributed by atoms with Crippen molar-refractivity contribution in [2.75, 3.05) is 18.1 Å². The molecule has 1 aromatic heterocycles. The number of aliphatic hydroxyl groups is 1. The van der Waals surface area contributed by atoms with Crippen molar-refractivity contribution in [3.63, 3.8) is 0 Å². The zero-order valence-corrected chi connectivity index (χ0v) is 8.47. The zero-order chi connectivity index (χ0) is 9.68. The van der Waals surface area contributed by atoms with Crippen LogP contribution < -0.4 is 5.73 Å². The van der Waals surface area contributed by atoms with E-state index in [1.54, 1.807) is 18.0 Å². The van der Waals surface area contributed by atoms with Gasteiger partial charge in [-0.2, -0.15) is 0 Å². The predicted molar refractivity (Wildman–Crippen MR) is 55.8 cm³/mol. The number of aromatic nitrogens is 1. The van der Waals surface area contributed by atoms with Gasteiger partial charge in [0.2, 0.25) is 0 Å². The third-order valence-electron chi connectivity index (χ3n) is 1.67. The van der Waals surface area contributed by atoms with Gasteiger partial charge in [0.05, 0.1) is 5.03 Å². The van der Waals surface area contributed by atoms with Crippen molar-refractivity contribution in [1.82, 2.24) is 4.98 Å².